The summed E-state index contributed by atoms with van der Waals surface area (Å²) in [6.45, 7) is 2.26. The number of nitrogens with zero attached hydrogens (tertiary/aromatic N) is 4. The van der Waals surface area contributed by atoms with Gasteiger partial charge in [0.2, 0.25) is 0 Å². The number of nitrogen functional groups attached to an aromatic ring is 1. The van der Waals surface area contributed by atoms with E-state index in [1.807, 2.05) is 35.0 Å². The van der Waals surface area contributed by atoms with Gasteiger partial charge < -0.3 is 20.9 Å². The summed E-state index contributed by atoms with van der Waals surface area (Å²) < 4.78 is 2.03. The normalized spacial score (nSPS) is 10.6. The first-order valence-electron chi connectivity index (χ1n) is 8.01. The molecule has 0 saturated carbocycles. The summed E-state index contributed by atoms with van der Waals surface area (Å²) in [7, 11) is 0. The Bertz CT molecular complexity index is 787. The van der Waals surface area contributed by atoms with Gasteiger partial charge in [-0.1, -0.05) is 23.7 Å². The summed E-state index contributed by atoms with van der Waals surface area (Å²) in [5, 5.41) is 7.20. The SMILES string of the molecule is Nc1c(NCCCn2ccnc2)ncnc1NCc1ccc(Cl)cc1. The number of nitrogens with two attached hydrogens (primary N) is 1. The van der Waals surface area contributed by atoms with Crippen molar-refractivity contribution < 1.29 is 0 Å². The standard InChI is InChI=1S/C17H20ClN7/c18-14-4-2-13(3-5-14)10-22-17-15(19)16(23-11-24-17)21-6-1-8-25-9-7-20-12-25/h2-5,7,9,11-12H,1,6,8,10,19H2,(H2,21,22,23,24). The second-order valence-corrected chi connectivity index (χ2v) is 5.98. The maximum Gasteiger partial charge on any atom is 0.155 e. The van der Waals surface area contributed by atoms with E-state index in [0.717, 1.165) is 25.1 Å². The number of imidazole rings is 1. The van der Waals surface area contributed by atoms with Crippen molar-refractivity contribution >= 4 is 28.9 Å². The van der Waals surface area contributed by atoms with Gasteiger partial charge in [-0.15, -0.1) is 0 Å². The molecule has 8 heteroatoms. The van der Waals surface area contributed by atoms with Crippen molar-refractivity contribution in [1.29, 1.82) is 0 Å². The molecule has 25 heavy (non-hydrogen) atoms. The molecule has 0 spiro atoms. The van der Waals surface area contributed by atoms with Crippen LogP contribution < -0.4 is 16.4 Å². The Morgan fingerprint density at radius 1 is 1.08 bits per heavy atom. The third-order valence-electron chi connectivity index (χ3n) is 3.70. The number of aromatic nitrogens is 4. The predicted octanol–water partition coefficient (Wildman–Crippen LogP) is 3.02. The molecule has 2 heterocycles. The molecule has 7 nitrogen and oxygen atoms in total. The molecule has 0 amide bonds. The van der Waals surface area contributed by atoms with Crippen LogP contribution in [0.3, 0.4) is 0 Å². The van der Waals surface area contributed by atoms with Gasteiger partial charge in [-0.2, -0.15) is 0 Å². The lowest BCUT2D eigenvalue weighted by atomic mass is 10.2. The van der Waals surface area contributed by atoms with Crippen molar-refractivity contribution in [2.75, 3.05) is 22.9 Å². The first kappa shape index (κ1) is 17.0. The molecule has 0 aliphatic heterocycles. The zero-order chi connectivity index (χ0) is 17.5. The molecule has 3 rings (SSSR count). The van der Waals surface area contributed by atoms with Crippen LogP contribution >= 0.6 is 11.6 Å². The van der Waals surface area contributed by atoms with E-state index in [0.29, 0.717) is 28.9 Å². The summed E-state index contributed by atoms with van der Waals surface area (Å²) in [6, 6.07) is 7.63. The topological polar surface area (TPSA) is 93.7 Å². The molecule has 3 aromatic rings. The van der Waals surface area contributed by atoms with Gasteiger partial charge in [0.15, 0.2) is 11.6 Å². The first-order valence-corrected chi connectivity index (χ1v) is 8.38. The molecule has 2 aromatic heterocycles. The number of benzene rings is 1. The molecule has 1 aromatic carbocycles. The van der Waals surface area contributed by atoms with Crippen molar-refractivity contribution in [1.82, 2.24) is 19.5 Å². The molecule has 0 aliphatic rings. The van der Waals surface area contributed by atoms with Gasteiger partial charge in [0.1, 0.15) is 12.0 Å². The first-order chi connectivity index (χ1) is 12.2. The van der Waals surface area contributed by atoms with Crippen molar-refractivity contribution in [3.05, 3.63) is 59.9 Å². The average Bonchev–Trinajstić information content (AvgIpc) is 3.14. The van der Waals surface area contributed by atoms with E-state index in [-0.39, 0.29) is 0 Å². The predicted molar refractivity (Wildman–Crippen MR) is 101 cm³/mol. The van der Waals surface area contributed by atoms with Gasteiger partial charge in [0, 0.05) is 37.1 Å². The number of anilines is 3. The van der Waals surface area contributed by atoms with Crippen LogP contribution in [0.5, 0.6) is 0 Å². The lowest BCUT2D eigenvalue weighted by molar-refractivity contribution is 0.660. The van der Waals surface area contributed by atoms with Gasteiger partial charge in [-0.25, -0.2) is 15.0 Å². The van der Waals surface area contributed by atoms with Crippen LogP contribution in [-0.2, 0) is 13.1 Å². The number of aryl methyl sites for hydroxylation is 1. The molecule has 0 aliphatic carbocycles. The highest BCUT2D eigenvalue weighted by molar-refractivity contribution is 6.30. The molecule has 0 atom stereocenters. The third kappa shape index (κ3) is 4.84. The smallest absolute Gasteiger partial charge is 0.155 e. The van der Waals surface area contributed by atoms with Crippen LogP contribution in [0.1, 0.15) is 12.0 Å². The second-order valence-electron chi connectivity index (χ2n) is 5.55. The third-order valence-corrected chi connectivity index (χ3v) is 3.95. The lowest BCUT2D eigenvalue weighted by Gasteiger charge is -2.12. The van der Waals surface area contributed by atoms with E-state index < -0.39 is 0 Å². The van der Waals surface area contributed by atoms with Gasteiger partial charge in [0.25, 0.3) is 0 Å². The van der Waals surface area contributed by atoms with E-state index in [1.54, 1.807) is 12.5 Å². The molecule has 0 unspecified atom stereocenters. The summed E-state index contributed by atoms with van der Waals surface area (Å²) in [4.78, 5) is 12.5. The van der Waals surface area contributed by atoms with E-state index in [2.05, 4.69) is 25.6 Å². The van der Waals surface area contributed by atoms with Crippen LogP contribution in [-0.4, -0.2) is 26.1 Å². The van der Waals surface area contributed by atoms with Gasteiger partial charge in [-0.05, 0) is 24.1 Å². The zero-order valence-corrected chi connectivity index (χ0v) is 14.4. The fourth-order valence-electron chi connectivity index (χ4n) is 2.35. The van der Waals surface area contributed by atoms with E-state index in [9.17, 15) is 0 Å². The fourth-order valence-corrected chi connectivity index (χ4v) is 2.48. The summed E-state index contributed by atoms with van der Waals surface area (Å²) >= 11 is 5.89. The Balaban J connectivity index is 1.53. The maximum atomic E-state index is 6.16. The molecule has 130 valence electrons. The van der Waals surface area contributed by atoms with Crippen molar-refractivity contribution in [2.24, 2.45) is 0 Å². The molecule has 0 saturated heterocycles. The minimum atomic E-state index is 0.513. The average molecular weight is 358 g/mol. The maximum absolute atomic E-state index is 6.16. The van der Waals surface area contributed by atoms with Crippen molar-refractivity contribution in [3.8, 4) is 0 Å². The highest BCUT2D eigenvalue weighted by Gasteiger charge is 2.07. The van der Waals surface area contributed by atoms with E-state index >= 15 is 0 Å². The largest absolute Gasteiger partial charge is 0.393 e. The van der Waals surface area contributed by atoms with E-state index in [4.69, 9.17) is 17.3 Å². The highest BCUT2D eigenvalue weighted by atomic mass is 35.5. The van der Waals surface area contributed by atoms with Gasteiger partial charge in [0.05, 0.1) is 6.33 Å². The number of hydrogen-bond donors (Lipinski definition) is 3. The second kappa shape index (κ2) is 8.34. The summed E-state index contributed by atoms with van der Waals surface area (Å²) in [6.07, 6.45) is 7.95. The number of hydrogen-bond acceptors (Lipinski definition) is 6. The van der Waals surface area contributed by atoms with Crippen LogP contribution in [0, 0.1) is 0 Å². The Morgan fingerprint density at radius 2 is 1.84 bits per heavy atom. The monoisotopic (exact) mass is 357 g/mol. The Hall–Kier alpha value is -2.80. The number of rotatable bonds is 8. The van der Waals surface area contributed by atoms with Gasteiger partial charge >= 0.3 is 0 Å². The highest BCUT2D eigenvalue weighted by Crippen LogP contribution is 2.23. The molecular formula is C17H20ClN7. The van der Waals surface area contributed by atoms with Crippen LogP contribution in [0.25, 0.3) is 0 Å². The molecular weight excluding hydrogens is 338 g/mol. The van der Waals surface area contributed by atoms with E-state index in [1.165, 1.54) is 6.33 Å². The zero-order valence-electron chi connectivity index (χ0n) is 13.7. The molecule has 0 radical (unpaired) electrons. The lowest BCUT2D eigenvalue weighted by Crippen LogP contribution is -2.11. The quantitative estimate of drug-likeness (QED) is 0.536. The Kier molecular flexibility index (Phi) is 5.69. The van der Waals surface area contributed by atoms with Gasteiger partial charge in [-0.3, -0.25) is 0 Å². The number of halogens is 1. The molecule has 0 bridgehead atoms. The molecule has 4 N–H and O–H groups in total. The number of nitrogens with one attached hydrogen (secondary N) is 2. The van der Waals surface area contributed by atoms with Crippen LogP contribution in [0.2, 0.25) is 5.02 Å². The van der Waals surface area contributed by atoms with Crippen LogP contribution in [0.4, 0.5) is 17.3 Å². The van der Waals surface area contributed by atoms with Crippen molar-refractivity contribution in [2.45, 2.75) is 19.5 Å². The summed E-state index contributed by atoms with van der Waals surface area (Å²) in [5.41, 5.74) is 7.77. The minimum absolute atomic E-state index is 0.513. The minimum Gasteiger partial charge on any atom is -0.393 e. The fraction of sp³-hybridized carbons (Fsp3) is 0.235. The Morgan fingerprint density at radius 3 is 2.56 bits per heavy atom. The Labute approximate surface area is 151 Å². The summed E-state index contributed by atoms with van der Waals surface area (Å²) in [5.74, 6) is 1.25. The van der Waals surface area contributed by atoms with Crippen LogP contribution in [0.15, 0.2) is 49.3 Å². The molecule has 0 fully saturated rings. The van der Waals surface area contributed by atoms with Crippen molar-refractivity contribution in [3.63, 3.8) is 0 Å².